The number of amides is 1. The largest absolute Gasteiger partial charge is 0.497 e. The van der Waals surface area contributed by atoms with E-state index in [1.165, 1.54) is 6.20 Å². The molecule has 0 radical (unpaired) electrons. The third-order valence-corrected chi connectivity index (χ3v) is 3.68. The Bertz CT molecular complexity index is 628. The van der Waals surface area contributed by atoms with Crippen LogP contribution >= 0.6 is 11.6 Å². The molecule has 2 aromatic rings. The van der Waals surface area contributed by atoms with Gasteiger partial charge in [-0.1, -0.05) is 23.7 Å². The van der Waals surface area contributed by atoms with Crippen LogP contribution in [0.15, 0.2) is 42.6 Å². The van der Waals surface area contributed by atoms with Gasteiger partial charge in [-0.15, -0.1) is 0 Å². The lowest BCUT2D eigenvalue weighted by molar-refractivity contribution is 0.0742. The van der Waals surface area contributed by atoms with E-state index in [-0.39, 0.29) is 11.9 Å². The summed E-state index contributed by atoms with van der Waals surface area (Å²) in [7, 11) is 3.40. The van der Waals surface area contributed by atoms with E-state index in [9.17, 15) is 4.79 Å². The number of carbonyl (C=O) groups excluding carboxylic acids is 1. The molecule has 1 heterocycles. The summed E-state index contributed by atoms with van der Waals surface area (Å²) in [6.45, 7) is 1.97. The van der Waals surface area contributed by atoms with Crippen LogP contribution in [0.2, 0.25) is 5.15 Å². The second kappa shape index (κ2) is 6.59. The number of methoxy groups -OCH3 is 1. The summed E-state index contributed by atoms with van der Waals surface area (Å²) in [5.41, 5.74) is 1.56. The smallest absolute Gasteiger partial charge is 0.254 e. The first kappa shape index (κ1) is 15.3. The van der Waals surface area contributed by atoms with Crippen molar-refractivity contribution in [3.8, 4) is 5.75 Å². The lowest BCUT2D eigenvalue weighted by Crippen LogP contribution is -2.29. The van der Waals surface area contributed by atoms with Gasteiger partial charge in [0.25, 0.3) is 5.91 Å². The van der Waals surface area contributed by atoms with Crippen molar-refractivity contribution in [1.82, 2.24) is 9.88 Å². The maximum Gasteiger partial charge on any atom is 0.254 e. The molecule has 0 fully saturated rings. The summed E-state index contributed by atoms with van der Waals surface area (Å²) in [6, 6.07) is 10.8. The maximum absolute atomic E-state index is 12.4. The number of rotatable bonds is 4. The number of pyridine rings is 1. The third kappa shape index (κ3) is 3.52. The molecule has 1 aromatic carbocycles. The zero-order valence-electron chi connectivity index (χ0n) is 12.2. The van der Waals surface area contributed by atoms with E-state index >= 15 is 0 Å². The minimum Gasteiger partial charge on any atom is -0.497 e. The molecule has 0 N–H and O–H groups in total. The number of nitrogens with zero attached hydrogens (tertiary/aromatic N) is 2. The van der Waals surface area contributed by atoms with E-state index in [1.807, 2.05) is 31.2 Å². The van der Waals surface area contributed by atoms with Gasteiger partial charge < -0.3 is 9.64 Å². The Kier molecular flexibility index (Phi) is 4.81. The number of hydrogen-bond donors (Lipinski definition) is 0. The molecule has 0 aliphatic rings. The van der Waals surface area contributed by atoms with E-state index in [4.69, 9.17) is 16.3 Å². The van der Waals surface area contributed by atoms with Crippen molar-refractivity contribution in [2.24, 2.45) is 0 Å². The predicted molar refractivity (Wildman–Crippen MR) is 82.7 cm³/mol. The molecule has 110 valence electrons. The van der Waals surface area contributed by atoms with Gasteiger partial charge in [0.05, 0.1) is 13.2 Å². The normalized spacial score (nSPS) is 11.8. The van der Waals surface area contributed by atoms with Crippen molar-refractivity contribution in [2.45, 2.75) is 13.0 Å². The Balaban J connectivity index is 2.17. The van der Waals surface area contributed by atoms with Gasteiger partial charge in [0, 0.05) is 18.8 Å². The van der Waals surface area contributed by atoms with Crippen LogP contribution in [0.1, 0.15) is 28.9 Å². The van der Waals surface area contributed by atoms with Crippen molar-refractivity contribution in [3.63, 3.8) is 0 Å². The zero-order valence-corrected chi connectivity index (χ0v) is 13.0. The second-order valence-corrected chi connectivity index (χ2v) is 5.12. The molecule has 0 spiro atoms. The molecule has 0 saturated heterocycles. The first-order chi connectivity index (χ1) is 10.0. The Morgan fingerprint density at radius 2 is 1.95 bits per heavy atom. The van der Waals surface area contributed by atoms with Crippen LogP contribution in [0, 0.1) is 0 Å². The van der Waals surface area contributed by atoms with Gasteiger partial charge in [-0.2, -0.15) is 0 Å². The van der Waals surface area contributed by atoms with Crippen LogP contribution in [0.25, 0.3) is 0 Å². The third-order valence-electron chi connectivity index (χ3n) is 3.47. The molecule has 4 nitrogen and oxygen atoms in total. The average Bonchev–Trinajstić information content (AvgIpc) is 2.53. The van der Waals surface area contributed by atoms with Crippen LogP contribution in [-0.4, -0.2) is 29.9 Å². The topological polar surface area (TPSA) is 42.4 Å². The Morgan fingerprint density at radius 3 is 2.52 bits per heavy atom. The summed E-state index contributed by atoms with van der Waals surface area (Å²) >= 11 is 5.83. The van der Waals surface area contributed by atoms with E-state index in [0.29, 0.717) is 10.7 Å². The summed E-state index contributed by atoms with van der Waals surface area (Å²) in [5.74, 6) is 0.698. The van der Waals surface area contributed by atoms with E-state index in [2.05, 4.69) is 4.98 Å². The van der Waals surface area contributed by atoms with Gasteiger partial charge in [0.1, 0.15) is 10.9 Å². The minimum absolute atomic E-state index is 0.0599. The lowest BCUT2D eigenvalue weighted by Gasteiger charge is -2.25. The summed E-state index contributed by atoms with van der Waals surface area (Å²) < 4.78 is 5.14. The molecule has 0 bridgehead atoms. The first-order valence-electron chi connectivity index (χ1n) is 6.55. The monoisotopic (exact) mass is 304 g/mol. The minimum atomic E-state index is -0.0948. The fraction of sp³-hybridized carbons (Fsp3) is 0.250. The number of ether oxygens (including phenoxy) is 1. The van der Waals surface area contributed by atoms with Gasteiger partial charge in [-0.25, -0.2) is 4.98 Å². The fourth-order valence-corrected chi connectivity index (χ4v) is 2.19. The molecule has 1 atom stereocenters. The SMILES string of the molecule is COc1ccc(C(C)N(C)C(=O)c2ccnc(Cl)c2)cc1. The first-order valence-corrected chi connectivity index (χ1v) is 6.93. The van der Waals surface area contributed by atoms with Crippen LogP contribution in [0.3, 0.4) is 0 Å². The van der Waals surface area contributed by atoms with Crippen molar-refractivity contribution in [3.05, 3.63) is 58.9 Å². The molecule has 21 heavy (non-hydrogen) atoms. The molecular weight excluding hydrogens is 288 g/mol. The standard InChI is InChI=1S/C16H17ClN2O2/c1-11(12-4-6-14(21-3)7-5-12)19(2)16(20)13-8-9-18-15(17)10-13/h4-11H,1-3H3. The van der Waals surface area contributed by atoms with Gasteiger partial charge in [0.2, 0.25) is 0 Å². The highest BCUT2D eigenvalue weighted by atomic mass is 35.5. The number of aromatic nitrogens is 1. The van der Waals surface area contributed by atoms with E-state index < -0.39 is 0 Å². The summed E-state index contributed by atoms with van der Waals surface area (Å²) in [4.78, 5) is 18.0. The zero-order chi connectivity index (χ0) is 15.4. The molecular formula is C16H17ClN2O2. The predicted octanol–water partition coefficient (Wildman–Crippen LogP) is 3.58. The van der Waals surface area contributed by atoms with E-state index in [0.717, 1.165) is 11.3 Å². The highest BCUT2D eigenvalue weighted by molar-refractivity contribution is 6.29. The number of hydrogen-bond acceptors (Lipinski definition) is 3. The fourth-order valence-electron chi connectivity index (χ4n) is 2.02. The number of benzene rings is 1. The van der Waals surface area contributed by atoms with Crippen molar-refractivity contribution in [1.29, 1.82) is 0 Å². The van der Waals surface area contributed by atoms with Crippen LogP contribution < -0.4 is 4.74 Å². The highest BCUT2D eigenvalue weighted by Crippen LogP contribution is 2.23. The molecule has 0 aliphatic carbocycles. The quantitative estimate of drug-likeness (QED) is 0.811. The van der Waals surface area contributed by atoms with Gasteiger partial charge in [-0.05, 0) is 36.8 Å². The van der Waals surface area contributed by atoms with Gasteiger partial charge in [-0.3, -0.25) is 4.79 Å². The number of halogens is 1. The Morgan fingerprint density at radius 1 is 1.29 bits per heavy atom. The van der Waals surface area contributed by atoms with Crippen molar-refractivity contribution in [2.75, 3.05) is 14.2 Å². The molecule has 2 rings (SSSR count). The highest BCUT2D eigenvalue weighted by Gasteiger charge is 2.19. The maximum atomic E-state index is 12.4. The Hall–Kier alpha value is -2.07. The molecule has 1 aromatic heterocycles. The number of carbonyl (C=O) groups is 1. The molecule has 1 unspecified atom stereocenters. The van der Waals surface area contributed by atoms with Gasteiger partial charge in [0.15, 0.2) is 0 Å². The Labute approximate surface area is 129 Å². The average molecular weight is 305 g/mol. The summed E-state index contributed by atoms with van der Waals surface area (Å²) in [5, 5.41) is 0.311. The van der Waals surface area contributed by atoms with Crippen LogP contribution in [0.5, 0.6) is 5.75 Å². The van der Waals surface area contributed by atoms with Crippen molar-refractivity contribution < 1.29 is 9.53 Å². The molecule has 5 heteroatoms. The summed E-state index contributed by atoms with van der Waals surface area (Å²) in [6.07, 6.45) is 1.53. The molecule has 0 saturated carbocycles. The molecule has 1 amide bonds. The second-order valence-electron chi connectivity index (χ2n) is 4.73. The van der Waals surface area contributed by atoms with Gasteiger partial charge >= 0.3 is 0 Å². The van der Waals surface area contributed by atoms with E-state index in [1.54, 1.807) is 31.2 Å². The van der Waals surface area contributed by atoms with Crippen molar-refractivity contribution >= 4 is 17.5 Å². The molecule has 0 aliphatic heterocycles. The van der Waals surface area contributed by atoms with Crippen LogP contribution in [0.4, 0.5) is 0 Å². The lowest BCUT2D eigenvalue weighted by atomic mass is 10.1. The van der Waals surface area contributed by atoms with Crippen LogP contribution in [-0.2, 0) is 0 Å².